The lowest BCUT2D eigenvalue weighted by atomic mass is 10.0. The third-order valence-corrected chi connectivity index (χ3v) is 5.58. The molecule has 0 amide bonds. The zero-order valence-electron chi connectivity index (χ0n) is 12.1. The average Bonchev–Trinajstić information content (AvgIpc) is 3.08. The summed E-state index contributed by atoms with van der Waals surface area (Å²) in [6.07, 6.45) is 4.36. The van der Waals surface area contributed by atoms with Gasteiger partial charge in [-0.3, -0.25) is 0 Å². The van der Waals surface area contributed by atoms with Gasteiger partial charge in [-0.2, -0.15) is 0 Å². The van der Waals surface area contributed by atoms with Crippen LogP contribution in [0.4, 0.5) is 0 Å². The second-order valence-corrected chi connectivity index (χ2v) is 7.94. The smallest absolute Gasteiger partial charge is 0.215 e. The first-order valence-corrected chi connectivity index (χ1v) is 8.64. The second kappa shape index (κ2) is 6.87. The fraction of sp³-hybridized carbons (Fsp3) is 1.00. The minimum atomic E-state index is -3.19. The Labute approximate surface area is 112 Å². The van der Waals surface area contributed by atoms with Crippen LogP contribution in [0.5, 0.6) is 0 Å². The van der Waals surface area contributed by atoms with Crippen LogP contribution in [0.25, 0.3) is 0 Å². The van der Waals surface area contributed by atoms with Crippen LogP contribution in [0, 0.1) is 5.92 Å². The van der Waals surface area contributed by atoms with Gasteiger partial charge >= 0.3 is 0 Å². The molecule has 3 atom stereocenters. The summed E-state index contributed by atoms with van der Waals surface area (Å²) < 4.78 is 27.0. The highest BCUT2D eigenvalue weighted by atomic mass is 32.2. The molecule has 0 radical (unpaired) electrons. The average molecular weight is 276 g/mol. The Morgan fingerprint density at radius 1 is 1.22 bits per heavy atom. The van der Waals surface area contributed by atoms with E-state index in [2.05, 4.69) is 23.9 Å². The molecule has 1 aliphatic rings. The highest BCUT2D eigenvalue weighted by Crippen LogP contribution is 2.18. The lowest BCUT2D eigenvalue weighted by molar-refractivity contribution is 0.443. The molecule has 0 aliphatic heterocycles. The zero-order chi connectivity index (χ0) is 13.8. The predicted molar refractivity (Wildman–Crippen MR) is 76.1 cm³/mol. The Kier molecular flexibility index (Phi) is 6.08. The quantitative estimate of drug-likeness (QED) is 0.676. The van der Waals surface area contributed by atoms with Crippen LogP contribution in [0.1, 0.15) is 53.4 Å². The van der Waals surface area contributed by atoms with Gasteiger partial charge in [-0.25, -0.2) is 13.1 Å². The maximum Gasteiger partial charge on any atom is 0.215 e. The maximum absolute atomic E-state index is 12.1. The standard InChI is InChI=1S/C13H28N2O2S/c1-5-10(2)8-11(3)15-18(16,17)12(4)9-14-13-6-7-13/h10-15H,5-9H2,1-4H3. The van der Waals surface area contributed by atoms with Crippen LogP contribution >= 0.6 is 0 Å². The Morgan fingerprint density at radius 3 is 2.33 bits per heavy atom. The molecule has 18 heavy (non-hydrogen) atoms. The third-order valence-electron chi connectivity index (χ3n) is 3.62. The van der Waals surface area contributed by atoms with Gasteiger partial charge in [-0.1, -0.05) is 20.3 Å². The number of rotatable bonds is 9. The minimum Gasteiger partial charge on any atom is -0.313 e. The molecule has 0 spiro atoms. The molecule has 1 fully saturated rings. The van der Waals surface area contributed by atoms with Crippen molar-refractivity contribution >= 4 is 10.0 Å². The van der Waals surface area contributed by atoms with Gasteiger partial charge in [0, 0.05) is 18.6 Å². The van der Waals surface area contributed by atoms with Gasteiger partial charge < -0.3 is 5.32 Å². The van der Waals surface area contributed by atoms with Crippen molar-refractivity contribution in [3.05, 3.63) is 0 Å². The van der Waals surface area contributed by atoms with Gasteiger partial charge in [0.25, 0.3) is 0 Å². The van der Waals surface area contributed by atoms with E-state index in [4.69, 9.17) is 0 Å². The van der Waals surface area contributed by atoms with Gasteiger partial charge in [-0.15, -0.1) is 0 Å². The van der Waals surface area contributed by atoms with Crippen molar-refractivity contribution in [1.82, 2.24) is 10.0 Å². The van der Waals surface area contributed by atoms with Crippen molar-refractivity contribution in [3.63, 3.8) is 0 Å². The van der Waals surface area contributed by atoms with Gasteiger partial charge in [0.2, 0.25) is 10.0 Å². The Hall–Kier alpha value is -0.130. The third kappa shape index (κ3) is 5.67. The molecule has 0 aromatic rings. The fourth-order valence-electron chi connectivity index (χ4n) is 1.94. The molecular weight excluding hydrogens is 248 g/mol. The van der Waals surface area contributed by atoms with E-state index in [-0.39, 0.29) is 11.3 Å². The van der Waals surface area contributed by atoms with E-state index in [9.17, 15) is 8.42 Å². The van der Waals surface area contributed by atoms with Crippen LogP contribution in [-0.4, -0.2) is 32.3 Å². The van der Waals surface area contributed by atoms with Gasteiger partial charge in [0.1, 0.15) is 0 Å². The predicted octanol–water partition coefficient (Wildman–Crippen LogP) is 1.87. The molecule has 0 bridgehead atoms. The molecule has 108 valence electrons. The number of nitrogens with one attached hydrogen (secondary N) is 2. The molecule has 0 heterocycles. The molecule has 1 saturated carbocycles. The van der Waals surface area contributed by atoms with Crippen molar-refractivity contribution in [3.8, 4) is 0 Å². The summed E-state index contributed by atoms with van der Waals surface area (Å²) in [5.74, 6) is 0.558. The second-order valence-electron chi connectivity index (χ2n) is 5.81. The summed E-state index contributed by atoms with van der Waals surface area (Å²) in [5.41, 5.74) is 0. The Bertz CT molecular complexity index is 339. The van der Waals surface area contributed by atoms with Crippen molar-refractivity contribution in [2.45, 2.75) is 70.7 Å². The molecule has 0 aromatic heterocycles. The zero-order valence-corrected chi connectivity index (χ0v) is 12.9. The Morgan fingerprint density at radius 2 is 1.83 bits per heavy atom. The van der Waals surface area contributed by atoms with Crippen molar-refractivity contribution in [2.75, 3.05) is 6.54 Å². The van der Waals surface area contributed by atoms with Crippen molar-refractivity contribution < 1.29 is 8.42 Å². The highest BCUT2D eigenvalue weighted by Gasteiger charge is 2.26. The molecular formula is C13H28N2O2S. The van der Waals surface area contributed by atoms with Crippen LogP contribution < -0.4 is 10.0 Å². The lowest BCUT2D eigenvalue weighted by Gasteiger charge is -2.21. The summed E-state index contributed by atoms with van der Waals surface area (Å²) in [5, 5.41) is 2.91. The number of hydrogen-bond donors (Lipinski definition) is 2. The lowest BCUT2D eigenvalue weighted by Crippen LogP contribution is -2.43. The van der Waals surface area contributed by atoms with Crippen LogP contribution in [-0.2, 0) is 10.0 Å². The molecule has 0 saturated heterocycles. The minimum absolute atomic E-state index is 0.0216. The largest absolute Gasteiger partial charge is 0.313 e. The first-order valence-electron chi connectivity index (χ1n) is 7.09. The van der Waals surface area contributed by atoms with Gasteiger partial charge in [0.05, 0.1) is 5.25 Å². The number of sulfonamides is 1. The highest BCUT2D eigenvalue weighted by molar-refractivity contribution is 7.90. The molecule has 1 aliphatic carbocycles. The van der Waals surface area contributed by atoms with Crippen LogP contribution in [0.2, 0.25) is 0 Å². The van der Waals surface area contributed by atoms with Crippen molar-refractivity contribution in [2.24, 2.45) is 5.92 Å². The fourth-order valence-corrected chi connectivity index (χ4v) is 3.15. The summed E-state index contributed by atoms with van der Waals surface area (Å²) in [4.78, 5) is 0. The molecule has 5 heteroatoms. The monoisotopic (exact) mass is 276 g/mol. The topological polar surface area (TPSA) is 58.2 Å². The van der Waals surface area contributed by atoms with E-state index in [1.54, 1.807) is 6.92 Å². The summed E-state index contributed by atoms with van der Waals surface area (Å²) in [6, 6.07) is 0.577. The first kappa shape index (κ1) is 15.9. The molecule has 2 N–H and O–H groups in total. The van der Waals surface area contributed by atoms with E-state index >= 15 is 0 Å². The summed E-state index contributed by atoms with van der Waals surface area (Å²) >= 11 is 0. The molecule has 0 aromatic carbocycles. The first-order chi connectivity index (χ1) is 8.35. The van der Waals surface area contributed by atoms with Crippen LogP contribution in [0.15, 0.2) is 0 Å². The van der Waals surface area contributed by atoms with E-state index in [0.717, 1.165) is 12.8 Å². The molecule has 1 rings (SSSR count). The SMILES string of the molecule is CCC(C)CC(C)NS(=O)(=O)C(C)CNC1CC1. The summed E-state index contributed by atoms with van der Waals surface area (Å²) in [7, 11) is -3.19. The molecule has 3 unspecified atom stereocenters. The molecule has 4 nitrogen and oxygen atoms in total. The van der Waals surface area contributed by atoms with E-state index in [1.165, 1.54) is 12.8 Å². The van der Waals surface area contributed by atoms with Gasteiger partial charge in [-0.05, 0) is 39.0 Å². The van der Waals surface area contributed by atoms with Gasteiger partial charge in [0.15, 0.2) is 0 Å². The van der Waals surface area contributed by atoms with E-state index in [1.807, 2.05) is 6.92 Å². The Balaban J connectivity index is 2.36. The maximum atomic E-state index is 12.1. The normalized spacial score (nSPS) is 21.6. The van der Waals surface area contributed by atoms with Crippen LogP contribution in [0.3, 0.4) is 0 Å². The van der Waals surface area contributed by atoms with E-state index in [0.29, 0.717) is 18.5 Å². The summed E-state index contributed by atoms with van der Waals surface area (Å²) in [6.45, 7) is 8.56. The number of hydrogen-bond acceptors (Lipinski definition) is 3. The van der Waals surface area contributed by atoms with E-state index < -0.39 is 10.0 Å². The van der Waals surface area contributed by atoms with Crippen molar-refractivity contribution in [1.29, 1.82) is 0 Å².